The highest BCUT2D eigenvalue weighted by Crippen LogP contribution is 2.29. The summed E-state index contributed by atoms with van der Waals surface area (Å²) in [6, 6.07) is 7.04. The number of fused-ring (bicyclic) bond motifs is 1. The Bertz CT molecular complexity index is 993. The molecule has 0 spiro atoms. The molecular formula is C19H24FN7. The Morgan fingerprint density at radius 1 is 1.30 bits per heavy atom. The van der Waals surface area contributed by atoms with E-state index in [1.54, 1.807) is 0 Å². The third-order valence-electron chi connectivity index (χ3n) is 4.28. The van der Waals surface area contributed by atoms with E-state index in [2.05, 4.69) is 34.2 Å². The van der Waals surface area contributed by atoms with Gasteiger partial charge >= 0.3 is 0 Å². The largest absolute Gasteiger partial charge is 0.399 e. The van der Waals surface area contributed by atoms with Crippen molar-refractivity contribution in [2.75, 3.05) is 22.9 Å². The van der Waals surface area contributed by atoms with Crippen LogP contribution in [0.3, 0.4) is 0 Å². The predicted octanol–water partition coefficient (Wildman–Crippen LogP) is 3.57. The summed E-state index contributed by atoms with van der Waals surface area (Å²) in [5.74, 6) is 0.337. The number of nitrogen functional groups attached to an aromatic ring is 1. The van der Waals surface area contributed by atoms with E-state index in [0.717, 1.165) is 41.8 Å². The van der Waals surface area contributed by atoms with Crippen molar-refractivity contribution in [1.82, 2.24) is 14.8 Å². The average Bonchev–Trinajstić information content (AvgIpc) is 2.93. The third kappa shape index (κ3) is 3.79. The number of nitrogens with two attached hydrogens (primary N) is 2. The highest BCUT2D eigenvalue weighted by atomic mass is 19.1. The summed E-state index contributed by atoms with van der Waals surface area (Å²) in [5, 5.41) is 12.0. The molecule has 0 aliphatic rings. The van der Waals surface area contributed by atoms with Crippen LogP contribution in [0.15, 0.2) is 30.8 Å². The molecule has 2 aromatic heterocycles. The van der Waals surface area contributed by atoms with E-state index in [4.69, 9.17) is 11.5 Å². The molecule has 0 amide bonds. The molecule has 3 rings (SSSR count). The van der Waals surface area contributed by atoms with E-state index >= 15 is 0 Å². The number of anilines is 4. The Hall–Kier alpha value is -3.29. The van der Waals surface area contributed by atoms with Gasteiger partial charge in [0.05, 0.1) is 5.52 Å². The first-order chi connectivity index (χ1) is 12.9. The molecule has 27 heavy (non-hydrogen) atoms. The summed E-state index contributed by atoms with van der Waals surface area (Å²) in [6.45, 7) is 6.67. The molecule has 0 aliphatic heterocycles. The third-order valence-corrected chi connectivity index (χ3v) is 4.28. The van der Waals surface area contributed by atoms with Gasteiger partial charge in [-0.15, -0.1) is 0 Å². The highest BCUT2D eigenvalue weighted by molar-refractivity contribution is 5.93. The fourth-order valence-corrected chi connectivity index (χ4v) is 2.84. The molecular weight excluding hydrogens is 345 g/mol. The van der Waals surface area contributed by atoms with Crippen molar-refractivity contribution in [3.8, 4) is 0 Å². The number of hydrogen-bond acceptors (Lipinski definition) is 6. The number of nitrogens with one attached hydrogen (secondary N) is 2. The van der Waals surface area contributed by atoms with Crippen molar-refractivity contribution >= 4 is 39.7 Å². The van der Waals surface area contributed by atoms with Gasteiger partial charge < -0.3 is 22.1 Å². The Kier molecular flexibility index (Phi) is 5.16. The molecule has 8 heteroatoms. The SMILES string of the molecule is C=C(N)c1cc(F)c(N)nc1Nc1ccc2c(c1)c(NCCCC)nn2C. The van der Waals surface area contributed by atoms with Crippen LogP contribution in [0.5, 0.6) is 0 Å². The molecule has 0 fully saturated rings. The first kappa shape index (κ1) is 18.5. The molecule has 0 saturated carbocycles. The Balaban J connectivity index is 1.97. The van der Waals surface area contributed by atoms with Crippen molar-refractivity contribution < 1.29 is 4.39 Å². The van der Waals surface area contributed by atoms with E-state index in [0.29, 0.717) is 11.4 Å². The van der Waals surface area contributed by atoms with Gasteiger partial charge in [0.1, 0.15) is 5.82 Å². The van der Waals surface area contributed by atoms with E-state index in [1.165, 1.54) is 6.07 Å². The van der Waals surface area contributed by atoms with Crippen molar-refractivity contribution in [1.29, 1.82) is 0 Å². The van der Waals surface area contributed by atoms with E-state index < -0.39 is 5.82 Å². The Morgan fingerprint density at radius 3 is 2.78 bits per heavy atom. The van der Waals surface area contributed by atoms with Crippen LogP contribution >= 0.6 is 0 Å². The lowest BCUT2D eigenvalue weighted by molar-refractivity contribution is 0.627. The summed E-state index contributed by atoms with van der Waals surface area (Å²) in [5.41, 5.74) is 13.7. The van der Waals surface area contributed by atoms with Crippen molar-refractivity contribution in [3.05, 3.63) is 42.2 Å². The quantitative estimate of drug-likeness (QED) is 0.474. The number of pyridine rings is 1. The number of unbranched alkanes of at least 4 members (excludes halogenated alkanes) is 1. The zero-order valence-corrected chi connectivity index (χ0v) is 15.5. The number of benzene rings is 1. The van der Waals surface area contributed by atoms with Crippen LogP contribution in [-0.2, 0) is 7.05 Å². The zero-order chi connectivity index (χ0) is 19.6. The second-order valence-electron chi connectivity index (χ2n) is 6.39. The smallest absolute Gasteiger partial charge is 0.166 e. The van der Waals surface area contributed by atoms with Crippen LogP contribution in [0.2, 0.25) is 0 Å². The number of hydrogen-bond donors (Lipinski definition) is 4. The first-order valence-electron chi connectivity index (χ1n) is 8.79. The zero-order valence-electron chi connectivity index (χ0n) is 15.5. The molecule has 0 bridgehead atoms. The van der Waals surface area contributed by atoms with Crippen LogP contribution in [0.25, 0.3) is 16.6 Å². The molecule has 0 unspecified atom stereocenters. The maximum Gasteiger partial charge on any atom is 0.166 e. The van der Waals surface area contributed by atoms with Crippen LogP contribution in [0, 0.1) is 5.82 Å². The number of halogens is 1. The van der Waals surface area contributed by atoms with Gasteiger partial charge in [-0.05, 0) is 30.7 Å². The van der Waals surface area contributed by atoms with E-state index in [9.17, 15) is 4.39 Å². The van der Waals surface area contributed by atoms with E-state index in [1.807, 2.05) is 29.9 Å². The van der Waals surface area contributed by atoms with Crippen LogP contribution in [-0.4, -0.2) is 21.3 Å². The molecule has 0 radical (unpaired) electrons. The highest BCUT2D eigenvalue weighted by Gasteiger charge is 2.13. The Labute approximate surface area is 157 Å². The normalized spacial score (nSPS) is 10.9. The molecule has 0 saturated heterocycles. The van der Waals surface area contributed by atoms with Gasteiger partial charge in [-0.1, -0.05) is 19.9 Å². The lowest BCUT2D eigenvalue weighted by atomic mass is 10.1. The fourth-order valence-electron chi connectivity index (χ4n) is 2.84. The van der Waals surface area contributed by atoms with Crippen molar-refractivity contribution in [2.24, 2.45) is 12.8 Å². The molecule has 0 aliphatic carbocycles. The lowest BCUT2D eigenvalue weighted by Crippen LogP contribution is -2.07. The fraction of sp³-hybridized carbons (Fsp3) is 0.263. The minimum Gasteiger partial charge on any atom is -0.399 e. The predicted molar refractivity (Wildman–Crippen MR) is 109 cm³/mol. The molecule has 142 valence electrons. The van der Waals surface area contributed by atoms with Crippen molar-refractivity contribution in [2.45, 2.75) is 19.8 Å². The van der Waals surface area contributed by atoms with Crippen LogP contribution in [0.4, 0.5) is 27.5 Å². The number of aromatic nitrogens is 3. The van der Waals surface area contributed by atoms with Crippen LogP contribution in [0.1, 0.15) is 25.3 Å². The van der Waals surface area contributed by atoms with Gasteiger partial charge in [-0.3, -0.25) is 4.68 Å². The second-order valence-corrected chi connectivity index (χ2v) is 6.39. The maximum atomic E-state index is 13.7. The molecule has 6 N–H and O–H groups in total. The number of aryl methyl sites for hydroxylation is 1. The molecule has 3 aromatic rings. The molecule has 1 aromatic carbocycles. The van der Waals surface area contributed by atoms with E-state index in [-0.39, 0.29) is 11.5 Å². The topological polar surface area (TPSA) is 107 Å². The van der Waals surface area contributed by atoms with Gasteiger partial charge in [0.25, 0.3) is 0 Å². The summed E-state index contributed by atoms with van der Waals surface area (Å²) in [7, 11) is 1.90. The van der Waals surface area contributed by atoms with Gasteiger partial charge in [-0.2, -0.15) is 5.10 Å². The first-order valence-corrected chi connectivity index (χ1v) is 8.79. The van der Waals surface area contributed by atoms with Crippen molar-refractivity contribution in [3.63, 3.8) is 0 Å². The Morgan fingerprint density at radius 2 is 2.07 bits per heavy atom. The minimum atomic E-state index is -0.632. The van der Waals surface area contributed by atoms with Gasteiger partial charge in [0.15, 0.2) is 17.5 Å². The molecule has 0 atom stereocenters. The molecule has 2 heterocycles. The number of nitrogens with zero attached hydrogens (tertiary/aromatic N) is 3. The summed E-state index contributed by atoms with van der Waals surface area (Å²) in [4.78, 5) is 4.07. The monoisotopic (exact) mass is 369 g/mol. The molecule has 7 nitrogen and oxygen atoms in total. The standard InChI is InChI=1S/C19H24FN7/c1-4-5-8-23-18-14-9-12(6-7-16(14)27(3)26-18)24-19-13(11(2)21)10-15(20)17(22)25-19/h6-7,9-10H,2,4-5,8,21H2,1,3H3,(H,23,26)(H3,22,24,25). The van der Waals surface area contributed by atoms with Gasteiger partial charge in [0, 0.05) is 35.9 Å². The van der Waals surface area contributed by atoms with Gasteiger partial charge in [-0.25, -0.2) is 9.37 Å². The van der Waals surface area contributed by atoms with Crippen LogP contribution < -0.4 is 22.1 Å². The lowest BCUT2D eigenvalue weighted by Gasteiger charge is -2.12. The summed E-state index contributed by atoms with van der Waals surface area (Å²) < 4.78 is 15.6. The second kappa shape index (κ2) is 7.53. The minimum absolute atomic E-state index is 0.202. The summed E-state index contributed by atoms with van der Waals surface area (Å²) >= 11 is 0. The van der Waals surface area contributed by atoms with Gasteiger partial charge in [0.2, 0.25) is 0 Å². The average molecular weight is 369 g/mol. The number of rotatable bonds is 7. The summed E-state index contributed by atoms with van der Waals surface area (Å²) in [6.07, 6.45) is 2.17. The maximum absolute atomic E-state index is 13.7.